The Hall–Kier alpha value is -3.18. The number of nitriles is 1. The maximum atomic E-state index is 13.0. The van der Waals surface area contributed by atoms with Gasteiger partial charge in [-0.15, -0.1) is 0 Å². The van der Waals surface area contributed by atoms with Crippen molar-refractivity contribution in [2.75, 3.05) is 6.61 Å². The average Bonchev–Trinajstić information content (AvgIpc) is 3.25. The van der Waals surface area contributed by atoms with E-state index in [2.05, 4.69) is 26.2 Å². The van der Waals surface area contributed by atoms with E-state index < -0.39 is 23.0 Å². The Labute approximate surface area is 208 Å². The van der Waals surface area contributed by atoms with Gasteiger partial charge < -0.3 is 14.8 Å². The first-order valence-electron chi connectivity index (χ1n) is 11.1. The maximum absolute atomic E-state index is 13.0. The Morgan fingerprint density at radius 1 is 1.18 bits per heavy atom. The molecule has 2 aromatic rings. The van der Waals surface area contributed by atoms with Crippen molar-refractivity contribution in [2.45, 2.75) is 57.6 Å². The molecule has 7 nitrogen and oxygen atoms in total. The van der Waals surface area contributed by atoms with Gasteiger partial charge in [0.05, 0.1) is 11.2 Å². The molecule has 1 amide bonds. The molecule has 8 heteroatoms. The van der Waals surface area contributed by atoms with E-state index in [9.17, 15) is 14.9 Å². The van der Waals surface area contributed by atoms with E-state index in [0.29, 0.717) is 16.0 Å². The van der Waals surface area contributed by atoms with Crippen LogP contribution in [0.15, 0.2) is 52.6 Å². The summed E-state index contributed by atoms with van der Waals surface area (Å²) in [4.78, 5) is 29.2. The van der Waals surface area contributed by atoms with E-state index in [1.54, 1.807) is 51.1 Å². The molecular weight excluding hydrogens is 498 g/mol. The van der Waals surface area contributed by atoms with Crippen LogP contribution in [0, 0.1) is 11.3 Å². The van der Waals surface area contributed by atoms with Crippen molar-refractivity contribution in [3.05, 3.63) is 63.9 Å². The number of ether oxygens (including phenoxy) is 2. The predicted octanol–water partition coefficient (Wildman–Crippen LogP) is 5.06. The number of nitrogens with one attached hydrogen (secondary N) is 1. The third-order valence-corrected chi connectivity index (χ3v) is 5.83. The Morgan fingerprint density at radius 2 is 1.85 bits per heavy atom. The largest absolute Gasteiger partial charge is 0.482 e. The zero-order valence-electron chi connectivity index (χ0n) is 19.6. The summed E-state index contributed by atoms with van der Waals surface area (Å²) < 4.78 is 11.4. The van der Waals surface area contributed by atoms with Crippen LogP contribution >= 0.6 is 15.9 Å². The van der Waals surface area contributed by atoms with Crippen LogP contribution in [0.3, 0.4) is 0 Å². The number of hydrogen-bond donors (Lipinski definition) is 1. The monoisotopic (exact) mass is 525 g/mol. The zero-order chi connectivity index (χ0) is 24.8. The Balaban J connectivity index is 1.72. The number of pyridine rings is 1. The quantitative estimate of drug-likeness (QED) is 0.234. The van der Waals surface area contributed by atoms with Gasteiger partial charge >= 0.3 is 5.97 Å². The third-order valence-electron chi connectivity index (χ3n) is 5.39. The van der Waals surface area contributed by atoms with Crippen LogP contribution in [0.4, 0.5) is 0 Å². The highest BCUT2D eigenvalue weighted by Crippen LogP contribution is 2.39. The fraction of sp³-hybridized carbons (Fsp3) is 0.385. The van der Waals surface area contributed by atoms with Gasteiger partial charge in [0, 0.05) is 0 Å². The second-order valence-electron chi connectivity index (χ2n) is 9.20. The van der Waals surface area contributed by atoms with Crippen molar-refractivity contribution >= 4 is 33.9 Å². The molecule has 34 heavy (non-hydrogen) atoms. The van der Waals surface area contributed by atoms with Crippen LogP contribution in [0.2, 0.25) is 0 Å². The van der Waals surface area contributed by atoms with Crippen molar-refractivity contribution in [2.24, 2.45) is 0 Å². The Bertz CT molecular complexity index is 1110. The minimum absolute atomic E-state index is 0.00538. The van der Waals surface area contributed by atoms with Gasteiger partial charge in [-0.25, -0.2) is 9.78 Å². The molecule has 3 rings (SSSR count). The number of carbonyl (C=O) groups is 2. The summed E-state index contributed by atoms with van der Waals surface area (Å²) >= 11 is 3.30. The van der Waals surface area contributed by atoms with Gasteiger partial charge in [-0.3, -0.25) is 4.79 Å². The first-order valence-corrected chi connectivity index (χ1v) is 11.9. The van der Waals surface area contributed by atoms with E-state index >= 15 is 0 Å². The predicted molar refractivity (Wildman–Crippen MR) is 132 cm³/mol. The second kappa shape index (κ2) is 10.8. The molecule has 0 spiro atoms. The fourth-order valence-electron chi connectivity index (χ4n) is 3.93. The molecule has 178 valence electrons. The molecule has 1 heterocycles. The first-order chi connectivity index (χ1) is 16.1. The van der Waals surface area contributed by atoms with Crippen LogP contribution in [0.5, 0.6) is 5.75 Å². The summed E-state index contributed by atoms with van der Waals surface area (Å²) in [6, 6.07) is 14.6. The third kappa shape index (κ3) is 6.91. The lowest BCUT2D eigenvalue weighted by molar-refractivity contribution is -0.157. The van der Waals surface area contributed by atoms with Gasteiger partial charge in [-0.1, -0.05) is 31.0 Å². The van der Waals surface area contributed by atoms with Crippen molar-refractivity contribution in [3.63, 3.8) is 0 Å². The number of hydrogen-bond acceptors (Lipinski definition) is 6. The second-order valence-corrected chi connectivity index (χ2v) is 10.0. The lowest BCUT2D eigenvalue weighted by Gasteiger charge is -2.31. The highest BCUT2D eigenvalue weighted by molar-refractivity contribution is 9.10. The van der Waals surface area contributed by atoms with E-state index in [4.69, 9.17) is 9.47 Å². The molecule has 0 bridgehead atoms. The van der Waals surface area contributed by atoms with Crippen molar-refractivity contribution in [1.29, 1.82) is 5.26 Å². The molecule has 0 atom stereocenters. The topological polar surface area (TPSA) is 101 Å². The highest BCUT2D eigenvalue weighted by Gasteiger charge is 2.37. The minimum atomic E-state index is -0.568. The number of benzene rings is 1. The van der Waals surface area contributed by atoms with Crippen molar-refractivity contribution < 1.29 is 19.1 Å². The Kier molecular flexibility index (Phi) is 8.11. The molecule has 1 aliphatic rings. The molecule has 1 fully saturated rings. The average molecular weight is 526 g/mol. The molecule has 0 aliphatic heterocycles. The number of halogens is 1. The van der Waals surface area contributed by atoms with Gasteiger partial charge in [0.1, 0.15) is 27.6 Å². The van der Waals surface area contributed by atoms with Gasteiger partial charge in [-0.2, -0.15) is 5.26 Å². The van der Waals surface area contributed by atoms with Gasteiger partial charge in [0.25, 0.3) is 5.91 Å². The van der Waals surface area contributed by atoms with E-state index in [0.717, 1.165) is 31.2 Å². The van der Waals surface area contributed by atoms with Crippen molar-refractivity contribution in [1.82, 2.24) is 10.3 Å². The zero-order valence-corrected chi connectivity index (χ0v) is 21.1. The first kappa shape index (κ1) is 25.4. The molecule has 1 saturated carbocycles. The number of nitrogens with zero attached hydrogens (tertiary/aromatic N) is 2. The summed E-state index contributed by atoms with van der Waals surface area (Å²) in [5.41, 5.74) is 0.311. The number of carbonyl (C=O) groups excluding carboxylic acids is 2. The summed E-state index contributed by atoms with van der Waals surface area (Å²) in [6.07, 6.45) is 4.96. The van der Waals surface area contributed by atoms with Crippen LogP contribution in [0.25, 0.3) is 6.08 Å². The normalized spacial score (nSPS) is 15.3. The number of rotatable bonds is 7. The summed E-state index contributed by atoms with van der Waals surface area (Å²) in [7, 11) is 0. The fourth-order valence-corrected chi connectivity index (χ4v) is 4.29. The van der Waals surface area contributed by atoms with Crippen molar-refractivity contribution in [3.8, 4) is 11.8 Å². The molecule has 0 unspecified atom stereocenters. The number of aromatic nitrogens is 1. The van der Waals surface area contributed by atoms with E-state index in [1.165, 1.54) is 6.08 Å². The van der Waals surface area contributed by atoms with Crippen LogP contribution < -0.4 is 10.1 Å². The standard InChI is InChI=1S/C26H28BrN3O4/c1-25(2,3)34-23(31)17-33-21-11-9-19(10-12-21)26(13-4-5-14-26)30-24(32)18(16-28)15-20-7-6-8-22(27)29-20/h6-12,15H,4-5,13-14,17H2,1-3H3,(H,30,32)/b18-15+. The van der Waals surface area contributed by atoms with Crippen LogP contribution in [-0.2, 0) is 19.9 Å². The maximum Gasteiger partial charge on any atom is 0.344 e. The minimum Gasteiger partial charge on any atom is -0.482 e. The van der Waals surface area contributed by atoms with Gasteiger partial charge in [0.2, 0.25) is 0 Å². The summed E-state index contributed by atoms with van der Waals surface area (Å²) in [6.45, 7) is 5.23. The molecule has 1 aromatic carbocycles. The molecule has 0 saturated heterocycles. The van der Waals surface area contributed by atoms with E-state index in [1.807, 2.05) is 18.2 Å². The lowest BCUT2D eigenvalue weighted by atomic mass is 9.87. The SMILES string of the molecule is CC(C)(C)OC(=O)COc1ccc(C2(NC(=O)/C(C#N)=C/c3cccc(Br)n3)CCCC2)cc1. The van der Waals surface area contributed by atoms with Gasteiger partial charge in [-0.05, 0) is 85.4 Å². The summed E-state index contributed by atoms with van der Waals surface area (Å²) in [5.74, 6) is -0.337. The molecule has 1 aromatic heterocycles. The molecule has 1 N–H and O–H groups in total. The lowest BCUT2D eigenvalue weighted by Crippen LogP contribution is -2.44. The highest BCUT2D eigenvalue weighted by atomic mass is 79.9. The van der Waals surface area contributed by atoms with Crippen LogP contribution in [-0.4, -0.2) is 29.1 Å². The molecule has 0 radical (unpaired) electrons. The van der Waals surface area contributed by atoms with Gasteiger partial charge in [0.15, 0.2) is 6.61 Å². The number of amides is 1. The molecule has 1 aliphatic carbocycles. The smallest absolute Gasteiger partial charge is 0.344 e. The number of esters is 1. The molecular formula is C26H28BrN3O4. The van der Waals surface area contributed by atoms with E-state index in [-0.39, 0.29) is 12.2 Å². The Morgan fingerprint density at radius 3 is 2.44 bits per heavy atom. The summed E-state index contributed by atoms with van der Waals surface area (Å²) in [5, 5.41) is 12.7. The van der Waals surface area contributed by atoms with Crippen LogP contribution in [0.1, 0.15) is 57.7 Å².